The third-order valence-electron chi connectivity index (χ3n) is 5.36. The topological polar surface area (TPSA) is 92.1 Å². The number of nitrogens with zero attached hydrogens (tertiary/aromatic N) is 2. The fourth-order valence-electron chi connectivity index (χ4n) is 3.68. The molecule has 182 valence electrons. The second-order valence-corrected chi connectivity index (χ2v) is 9.65. The first kappa shape index (κ1) is 25.5. The second-order valence-electron chi connectivity index (χ2n) is 7.71. The molecule has 1 heterocycles. The number of nitrogens with one attached hydrogen (secondary N) is 1. The third kappa shape index (κ3) is 6.47. The van der Waals surface area contributed by atoms with Crippen LogP contribution >= 0.6 is 0 Å². The van der Waals surface area contributed by atoms with Crippen LogP contribution in [0, 0.1) is 0 Å². The minimum Gasteiger partial charge on any atom is -0.495 e. The van der Waals surface area contributed by atoms with E-state index in [0.717, 1.165) is 11.3 Å². The number of sulfonamides is 1. The quantitative estimate of drug-likeness (QED) is 0.418. The molecule has 0 atom stereocenters. The van der Waals surface area contributed by atoms with Crippen molar-refractivity contribution >= 4 is 21.6 Å². The fourth-order valence-corrected chi connectivity index (χ4v) is 5.17. The monoisotopic (exact) mass is 485 g/mol. The number of methoxy groups -OCH3 is 1. The Morgan fingerprint density at radius 1 is 1.00 bits per heavy atom. The van der Waals surface area contributed by atoms with Gasteiger partial charge in [0.2, 0.25) is 15.9 Å². The van der Waals surface area contributed by atoms with E-state index in [1.165, 1.54) is 23.5 Å². The van der Waals surface area contributed by atoms with Crippen LogP contribution in [-0.2, 0) is 27.9 Å². The van der Waals surface area contributed by atoms with E-state index in [1.807, 2.05) is 47.4 Å². The molecule has 1 amide bonds. The van der Waals surface area contributed by atoms with Crippen molar-refractivity contribution in [1.29, 1.82) is 0 Å². The molecule has 8 nitrogen and oxygen atoms in total. The minimum atomic E-state index is -3.68. The van der Waals surface area contributed by atoms with Gasteiger partial charge in [0.15, 0.2) is 0 Å². The third-order valence-corrected chi connectivity index (χ3v) is 7.41. The number of benzene rings is 2. The van der Waals surface area contributed by atoms with Crippen molar-refractivity contribution in [2.24, 2.45) is 0 Å². The summed E-state index contributed by atoms with van der Waals surface area (Å²) in [6.45, 7) is 5.35. The lowest BCUT2D eigenvalue weighted by Crippen LogP contribution is -2.33. The molecule has 3 aromatic rings. The molecule has 0 bridgehead atoms. The number of furan rings is 1. The average molecular weight is 486 g/mol. The van der Waals surface area contributed by atoms with Gasteiger partial charge in [-0.2, -0.15) is 4.31 Å². The maximum absolute atomic E-state index is 13.0. The van der Waals surface area contributed by atoms with E-state index in [9.17, 15) is 13.2 Å². The molecular formula is C25H31N3O5S. The zero-order valence-corrected chi connectivity index (χ0v) is 20.5. The largest absolute Gasteiger partial charge is 0.495 e. The Kier molecular flexibility index (Phi) is 8.86. The number of rotatable bonds is 12. The normalized spacial score (nSPS) is 11.7. The second kappa shape index (κ2) is 11.8. The number of ether oxygens (including phenoxy) is 1. The molecule has 1 aromatic heterocycles. The number of hydrogen-bond donors (Lipinski definition) is 1. The predicted octanol–water partition coefficient (Wildman–Crippen LogP) is 3.96. The van der Waals surface area contributed by atoms with E-state index in [4.69, 9.17) is 9.15 Å². The lowest BCUT2D eigenvalue weighted by atomic mass is 10.2. The predicted molar refractivity (Wildman–Crippen MR) is 131 cm³/mol. The van der Waals surface area contributed by atoms with Crippen LogP contribution in [0.3, 0.4) is 0 Å². The van der Waals surface area contributed by atoms with Crippen molar-refractivity contribution in [1.82, 2.24) is 9.21 Å². The molecule has 0 unspecified atom stereocenters. The first-order chi connectivity index (χ1) is 16.4. The van der Waals surface area contributed by atoms with Crippen LogP contribution in [0.15, 0.2) is 76.2 Å². The highest BCUT2D eigenvalue weighted by atomic mass is 32.2. The lowest BCUT2D eigenvalue weighted by Gasteiger charge is -2.22. The van der Waals surface area contributed by atoms with Gasteiger partial charge in [-0.3, -0.25) is 9.69 Å². The molecule has 34 heavy (non-hydrogen) atoms. The number of carbonyl (C=O) groups is 1. The molecule has 0 aliphatic heterocycles. The first-order valence-corrected chi connectivity index (χ1v) is 12.6. The Labute approximate surface area is 201 Å². The maximum Gasteiger partial charge on any atom is 0.243 e. The van der Waals surface area contributed by atoms with Gasteiger partial charge in [0.05, 0.1) is 37.0 Å². The van der Waals surface area contributed by atoms with E-state index < -0.39 is 10.0 Å². The van der Waals surface area contributed by atoms with Crippen LogP contribution in [0.2, 0.25) is 0 Å². The van der Waals surface area contributed by atoms with Gasteiger partial charge in [-0.05, 0) is 35.9 Å². The molecule has 0 aliphatic carbocycles. The van der Waals surface area contributed by atoms with Crippen molar-refractivity contribution in [3.63, 3.8) is 0 Å². The number of anilines is 1. The highest BCUT2D eigenvalue weighted by Crippen LogP contribution is 2.29. The molecule has 1 N–H and O–H groups in total. The maximum atomic E-state index is 13.0. The zero-order valence-electron chi connectivity index (χ0n) is 19.7. The summed E-state index contributed by atoms with van der Waals surface area (Å²) < 4.78 is 38.1. The number of hydrogen-bond acceptors (Lipinski definition) is 6. The molecule has 9 heteroatoms. The molecule has 3 rings (SSSR count). The van der Waals surface area contributed by atoms with E-state index in [2.05, 4.69) is 5.32 Å². The molecule has 0 fully saturated rings. The summed E-state index contributed by atoms with van der Waals surface area (Å²) in [6, 6.07) is 18.0. The summed E-state index contributed by atoms with van der Waals surface area (Å²) in [7, 11) is -2.20. The van der Waals surface area contributed by atoms with Crippen LogP contribution < -0.4 is 10.1 Å². The molecule has 0 spiro atoms. The van der Waals surface area contributed by atoms with Crippen molar-refractivity contribution in [3.05, 3.63) is 78.3 Å². The summed E-state index contributed by atoms with van der Waals surface area (Å²) in [4.78, 5) is 15.1. The molecular weight excluding hydrogens is 454 g/mol. The van der Waals surface area contributed by atoms with E-state index >= 15 is 0 Å². The average Bonchev–Trinajstić information content (AvgIpc) is 3.33. The van der Waals surface area contributed by atoms with Crippen molar-refractivity contribution in [2.45, 2.75) is 31.8 Å². The van der Waals surface area contributed by atoms with Crippen molar-refractivity contribution < 1.29 is 22.4 Å². The van der Waals surface area contributed by atoms with Crippen molar-refractivity contribution in [3.8, 4) is 5.75 Å². The van der Waals surface area contributed by atoms with Crippen LogP contribution in [0.1, 0.15) is 25.2 Å². The van der Waals surface area contributed by atoms with E-state index in [0.29, 0.717) is 37.6 Å². The fraction of sp³-hybridized carbons (Fsp3) is 0.320. The Hall–Kier alpha value is -3.14. The van der Waals surface area contributed by atoms with E-state index in [-0.39, 0.29) is 17.3 Å². The standard InChI is InChI=1S/C25H31N3O5S/c1-4-28(5-2)34(30,31)22-13-14-24(32-3)23(16-22)26-25(29)19-27(18-21-12-9-15-33-21)17-20-10-7-6-8-11-20/h6-16H,4-5,17-19H2,1-3H3,(H,26,29). The summed E-state index contributed by atoms with van der Waals surface area (Å²) in [5, 5.41) is 2.83. The molecule has 0 aliphatic rings. The summed E-state index contributed by atoms with van der Waals surface area (Å²) >= 11 is 0. The molecule has 0 saturated carbocycles. The van der Waals surface area contributed by atoms with Gasteiger partial charge in [-0.25, -0.2) is 8.42 Å². The van der Waals surface area contributed by atoms with Crippen LogP contribution in [0.25, 0.3) is 0 Å². The molecule has 2 aromatic carbocycles. The molecule has 0 radical (unpaired) electrons. The van der Waals surface area contributed by atoms with Crippen LogP contribution in [0.4, 0.5) is 5.69 Å². The van der Waals surface area contributed by atoms with Gasteiger partial charge in [0, 0.05) is 19.6 Å². The van der Waals surface area contributed by atoms with Crippen LogP contribution in [0.5, 0.6) is 5.75 Å². The Balaban J connectivity index is 1.80. The highest BCUT2D eigenvalue weighted by molar-refractivity contribution is 7.89. The summed E-state index contributed by atoms with van der Waals surface area (Å²) in [5.41, 5.74) is 1.37. The Morgan fingerprint density at radius 3 is 2.35 bits per heavy atom. The van der Waals surface area contributed by atoms with Gasteiger partial charge in [0.25, 0.3) is 0 Å². The highest BCUT2D eigenvalue weighted by Gasteiger charge is 2.23. The lowest BCUT2D eigenvalue weighted by molar-refractivity contribution is -0.117. The van der Waals surface area contributed by atoms with E-state index in [1.54, 1.807) is 26.2 Å². The summed E-state index contributed by atoms with van der Waals surface area (Å²) in [5.74, 6) is 0.833. The minimum absolute atomic E-state index is 0.0752. The molecule has 0 saturated heterocycles. The smallest absolute Gasteiger partial charge is 0.243 e. The Bertz CT molecular complexity index is 1160. The zero-order chi connectivity index (χ0) is 24.6. The number of amides is 1. The van der Waals surface area contributed by atoms with Gasteiger partial charge < -0.3 is 14.5 Å². The van der Waals surface area contributed by atoms with Crippen LogP contribution in [-0.4, -0.2) is 50.3 Å². The summed E-state index contributed by atoms with van der Waals surface area (Å²) in [6.07, 6.45) is 1.60. The van der Waals surface area contributed by atoms with Gasteiger partial charge in [-0.15, -0.1) is 0 Å². The Morgan fingerprint density at radius 2 is 1.74 bits per heavy atom. The van der Waals surface area contributed by atoms with Gasteiger partial charge in [0.1, 0.15) is 11.5 Å². The van der Waals surface area contributed by atoms with Gasteiger partial charge in [-0.1, -0.05) is 44.2 Å². The SMILES string of the molecule is CCN(CC)S(=O)(=O)c1ccc(OC)c(NC(=O)CN(Cc2ccccc2)Cc2ccco2)c1. The van der Waals surface area contributed by atoms with Crippen molar-refractivity contribution in [2.75, 3.05) is 32.1 Å². The number of carbonyl (C=O) groups excluding carboxylic acids is 1. The first-order valence-electron chi connectivity index (χ1n) is 11.1. The van der Waals surface area contributed by atoms with Gasteiger partial charge >= 0.3 is 0 Å².